The fourth-order valence-electron chi connectivity index (χ4n) is 15.1. The molecular formula is C70H52Cl2F14N16O8S2. The number of para-hydroxylation sites is 2. The Hall–Kier alpha value is -11.0. The first-order valence-electron chi connectivity index (χ1n) is 33.4. The lowest BCUT2D eigenvalue weighted by Crippen LogP contribution is -2.38. The molecule has 0 radical (unpaired) electrons. The SMILES string of the molecule is Cn1nc(NS(C)(=O)=O)c2c(Cl)ccc(-n3c(C(Cc4cc(F)cc(F)c4)NC(=O)Cn4nc(C(F)F)c5c4C(F)(F)[C@@H]4C[C@H]54)nc4c(F)cccc4c3=O)c21.Cn1nc(NS(C)(=O)=O)c2c(Cl)ccc(-n3c([C@H](Cc4cc(F)cc(F)c4)NC(=O)Cn4nc(C(F)F)c5c4C(F)(F)[C@@H]4C[C@H]54)nc4c(F)cccc4c3=O)c21. The maximum Gasteiger partial charge on any atom is 0.293 e. The van der Waals surface area contributed by atoms with Gasteiger partial charge in [-0.05, 0) is 109 Å². The molecule has 24 nitrogen and oxygen atoms in total. The van der Waals surface area contributed by atoms with Gasteiger partial charge in [0.15, 0.2) is 11.6 Å². The fraction of sp³-hybridized carbons (Fsp3) is 0.286. The second-order valence-corrected chi connectivity index (χ2v) is 31.6. The van der Waals surface area contributed by atoms with Crippen LogP contribution in [0.5, 0.6) is 0 Å². The second kappa shape index (κ2) is 27.4. The number of halogens is 16. The van der Waals surface area contributed by atoms with Gasteiger partial charge in [0.1, 0.15) is 93.5 Å². The number of amides is 2. The standard InChI is InChI=1S/2C35H26ClF7N8O4S/c2*1-49-29-23(7-6-20(36)26(29)32(47-49)48-56(2,54)55)51-33(45-27-17(34(51)53)4-3-5-21(27)39)22(10-14-8-15(37)11-16(38)9-14)44-24(52)13-50-30-25(28(46-50)31(40)41)18-12-19(18)35(30,42)43/h2*3-9,11,18-19,22,31H,10,12-13H2,1-2H3,(H,44,52)(H,47,48)/t18-,19+,22?;18-,19+,22-/m00/s1. The quantitative estimate of drug-likeness (QED) is 0.0516. The van der Waals surface area contributed by atoms with Crippen molar-refractivity contribution in [2.24, 2.45) is 25.9 Å². The van der Waals surface area contributed by atoms with Gasteiger partial charge < -0.3 is 10.6 Å². The molecule has 112 heavy (non-hydrogen) atoms. The van der Waals surface area contributed by atoms with Crippen molar-refractivity contribution in [2.45, 2.75) is 87.4 Å². The molecule has 2 saturated carbocycles. The van der Waals surface area contributed by atoms with Crippen molar-refractivity contribution >= 4 is 110 Å². The van der Waals surface area contributed by atoms with E-state index >= 15 is 26.3 Å². The van der Waals surface area contributed by atoms with Crippen molar-refractivity contribution in [1.82, 2.24) is 68.9 Å². The zero-order valence-corrected chi connectivity index (χ0v) is 60.7. The van der Waals surface area contributed by atoms with Crippen molar-refractivity contribution in [3.05, 3.63) is 219 Å². The number of alkyl halides is 8. The third-order valence-electron chi connectivity index (χ3n) is 19.6. The Kier molecular flexibility index (Phi) is 18.7. The topological polar surface area (TPSA) is 292 Å². The first-order valence-corrected chi connectivity index (χ1v) is 37.9. The van der Waals surface area contributed by atoms with Crippen LogP contribution in [-0.4, -0.2) is 99.4 Å². The third kappa shape index (κ3) is 13.5. The third-order valence-corrected chi connectivity index (χ3v) is 21.3. The smallest absolute Gasteiger partial charge is 0.293 e. The van der Waals surface area contributed by atoms with Gasteiger partial charge in [0, 0.05) is 62.0 Å². The first kappa shape index (κ1) is 76.4. The van der Waals surface area contributed by atoms with E-state index in [1.165, 1.54) is 72.0 Å². The molecule has 0 aliphatic heterocycles. The highest BCUT2D eigenvalue weighted by Gasteiger charge is 2.68. The summed E-state index contributed by atoms with van der Waals surface area (Å²) in [6.07, 6.45) is -5.84. The summed E-state index contributed by atoms with van der Waals surface area (Å²) in [5.74, 6) is -20.9. The second-order valence-electron chi connectivity index (χ2n) is 27.3. The summed E-state index contributed by atoms with van der Waals surface area (Å²) in [5, 5.41) is 20.3. The Bertz CT molecular complexity index is 5990. The first-order chi connectivity index (χ1) is 52.7. The van der Waals surface area contributed by atoms with Crippen LogP contribution in [0.4, 0.5) is 73.1 Å². The van der Waals surface area contributed by atoms with Gasteiger partial charge in [0.2, 0.25) is 31.9 Å². The number of carbonyl (C=O) groups excluding carboxylic acids is 2. The number of aromatic nitrogens is 12. The molecule has 0 saturated heterocycles. The molecule has 42 heteroatoms. The van der Waals surface area contributed by atoms with E-state index in [4.69, 9.17) is 23.2 Å². The number of carbonyl (C=O) groups is 2. The molecule has 584 valence electrons. The molecule has 2 fully saturated rings. The Balaban J connectivity index is 0.000000177. The Morgan fingerprint density at radius 2 is 0.893 bits per heavy atom. The van der Waals surface area contributed by atoms with E-state index in [0.717, 1.165) is 58.0 Å². The number of anilines is 2. The highest BCUT2D eigenvalue weighted by atomic mass is 35.5. The Morgan fingerprint density at radius 3 is 1.23 bits per heavy atom. The molecule has 6 aromatic carbocycles. The number of fused-ring (bicyclic) bond motifs is 10. The van der Waals surface area contributed by atoms with E-state index in [1.807, 2.05) is 0 Å². The number of aryl methyl sites for hydroxylation is 2. The van der Waals surface area contributed by atoms with Gasteiger partial charge >= 0.3 is 0 Å². The van der Waals surface area contributed by atoms with Crippen LogP contribution < -0.4 is 31.2 Å². The lowest BCUT2D eigenvalue weighted by atomic mass is 10.0. The van der Waals surface area contributed by atoms with Gasteiger partial charge in [-0.3, -0.25) is 56.5 Å². The minimum Gasteiger partial charge on any atom is -0.344 e. The highest BCUT2D eigenvalue weighted by molar-refractivity contribution is 7.92. The van der Waals surface area contributed by atoms with Gasteiger partial charge in [-0.15, -0.1) is 0 Å². The largest absolute Gasteiger partial charge is 0.344 e. The normalized spacial score (nSPS) is 17.7. The average molecular weight is 1650 g/mol. The van der Waals surface area contributed by atoms with Crippen molar-refractivity contribution in [3.63, 3.8) is 0 Å². The summed E-state index contributed by atoms with van der Waals surface area (Å²) in [6.45, 7) is -2.06. The molecule has 6 atom stereocenters. The molecule has 1 unspecified atom stereocenters. The van der Waals surface area contributed by atoms with Crippen LogP contribution in [0.1, 0.15) is 106 Å². The lowest BCUT2D eigenvalue weighted by Gasteiger charge is -2.24. The predicted molar refractivity (Wildman–Crippen MR) is 376 cm³/mol. The minimum absolute atomic E-state index is 0.0122. The zero-order valence-electron chi connectivity index (χ0n) is 57.6. The summed E-state index contributed by atoms with van der Waals surface area (Å²) < 4.78 is 265. The van der Waals surface area contributed by atoms with E-state index in [-0.39, 0.29) is 101 Å². The summed E-state index contributed by atoms with van der Waals surface area (Å²) >= 11 is 13.0. The molecule has 16 rings (SSSR count). The van der Waals surface area contributed by atoms with Crippen LogP contribution in [0, 0.1) is 46.7 Å². The predicted octanol–water partition coefficient (Wildman–Crippen LogP) is 12.3. The number of rotatable bonds is 20. The fourth-order valence-corrected chi connectivity index (χ4v) is 16.6. The summed E-state index contributed by atoms with van der Waals surface area (Å²) in [5.41, 5.74) is -7.12. The van der Waals surface area contributed by atoms with E-state index in [0.29, 0.717) is 21.5 Å². The van der Waals surface area contributed by atoms with Crippen LogP contribution in [0.25, 0.3) is 55.0 Å². The molecule has 4 N–H and O–H groups in total. The molecule has 6 aromatic heterocycles. The van der Waals surface area contributed by atoms with E-state index in [9.17, 15) is 71.1 Å². The minimum atomic E-state index is -3.92. The van der Waals surface area contributed by atoms with E-state index in [1.54, 1.807) is 0 Å². The summed E-state index contributed by atoms with van der Waals surface area (Å²) in [4.78, 5) is 65.6. The van der Waals surface area contributed by atoms with Gasteiger partial charge in [-0.25, -0.2) is 70.7 Å². The maximum atomic E-state index is 15.4. The van der Waals surface area contributed by atoms with Crippen LogP contribution in [0.15, 0.2) is 107 Å². The van der Waals surface area contributed by atoms with Crippen LogP contribution in [-0.2, 0) is 81.5 Å². The summed E-state index contributed by atoms with van der Waals surface area (Å²) in [6, 6.07) is 13.9. The maximum absolute atomic E-state index is 15.4. The number of sulfonamides is 2. The monoisotopic (exact) mass is 1640 g/mol. The van der Waals surface area contributed by atoms with Crippen molar-refractivity contribution in [3.8, 4) is 11.4 Å². The zero-order chi connectivity index (χ0) is 80.3. The Morgan fingerprint density at radius 1 is 0.536 bits per heavy atom. The van der Waals surface area contributed by atoms with Crippen LogP contribution >= 0.6 is 23.2 Å². The highest BCUT2D eigenvalue weighted by Crippen LogP contribution is 2.69. The molecule has 12 aromatic rings. The number of nitrogens with zero attached hydrogens (tertiary/aromatic N) is 12. The van der Waals surface area contributed by atoms with E-state index < -0.39 is 210 Å². The molecule has 2 amide bonds. The number of nitrogens with one attached hydrogen (secondary N) is 4. The lowest BCUT2D eigenvalue weighted by molar-refractivity contribution is -0.123. The van der Waals surface area contributed by atoms with E-state index in [2.05, 4.69) is 50.4 Å². The molecule has 6 heterocycles. The van der Waals surface area contributed by atoms with Gasteiger partial charge in [-0.1, -0.05) is 35.3 Å². The Labute approximate surface area is 630 Å². The average Bonchev–Trinajstić information content (AvgIpc) is 1.52. The molecule has 0 spiro atoms. The van der Waals surface area contributed by atoms with Gasteiger partial charge in [0.05, 0.1) is 78.6 Å². The number of hydrogen-bond acceptors (Lipinski definition) is 14. The van der Waals surface area contributed by atoms with Crippen molar-refractivity contribution in [1.29, 1.82) is 0 Å². The molecule has 4 aliphatic carbocycles. The summed E-state index contributed by atoms with van der Waals surface area (Å²) in [7, 11) is -5.04. The van der Waals surface area contributed by atoms with Crippen LogP contribution in [0.3, 0.4) is 0 Å². The van der Waals surface area contributed by atoms with Gasteiger partial charge in [0.25, 0.3) is 35.8 Å². The van der Waals surface area contributed by atoms with Crippen molar-refractivity contribution < 1.29 is 87.9 Å². The van der Waals surface area contributed by atoms with Crippen molar-refractivity contribution in [2.75, 3.05) is 22.0 Å². The van der Waals surface area contributed by atoms with Gasteiger partial charge in [-0.2, -0.15) is 38.0 Å². The molecule has 0 bridgehead atoms. The number of benzene rings is 6. The molecular weight excluding hydrogens is 1590 g/mol. The van der Waals surface area contributed by atoms with Crippen LogP contribution in [0.2, 0.25) is 10.0 Å². The number of hydrogen-bond donors (Lipinski definition) is 4. The molecule has 4 aliphatic rings.